The van der Waals surface area contributed by atoms with E-state index in [1.54, 1.807) is 8.61 Å². The molecule has 0 bridgehead atoms. The molecule has 4 nitrogen and oxygen atoms in total. The molecule has 2 aromatic carbocycles. The second-order valence-electron chi connectivity index (χ2n) is 4.49. The average Bonchev–Trinajstić information content (AvgIpc) is 2.58. The molecule has 0 aliphatic heterocycles. The van der Waals surface area contributed by atoms with Gasteiger partial charge in [0.25, 0.3) is 0 Å². The third-order valence-corrected chi connectivity index (χ3v) is 5.76. The third-order valence-electron chi connectivity index (χ3n) is 3.02. The maximum atomic E-state index is 11.0. The Kier molecular flexibility index (Phi) is 13.6. The summed E-state index contributed by atoms with van der Waals surface area (Å²) in [5.41, 5.74) is 1.82. The van der Waals surface area contributed by atoms with Crippen molar-refractivity contribution in [2.75, 3.05) is 21.7 Å². The van der Waals surface area contributed by atoms with Crippen molar-refractivity contribution in [3.63, 3.8) is 0 Å². The summed E-state index contributed by atoms with van der Waals surface area (Å²) in [6.45, 7) is 5.19. The minimum atomic E-state index is -1.34. The van der Waals surface area contributed by atoms with Crippen LogP contribution in [0.2, 0.25) is 0 Å². The third kappa shape index (κ3) is 8.73. The van der Waals surface area contributed by atoms with Gasteiger partial charge in [-0.05, 0) is 58.1 Å². The molecular weight excluding hydrogens is 446 g/mol. The second kappa shape index (κ2) is 13.8. The fraction of sp³-hybridized carbons (Fsp3) is 0.250. The predicted molar refractivity (Wildman–Crippen MR) is 110 cm³/mol. The first-order valence-electron chi connectivity index (χ1n) is 7.35. The molecule has 0 amide bonds. The molecule has 0 spiro atoms. The molecule has 0 saturated heterocycles. The fourth-order valence-electron chi connectivity index (χ4n) is 1.94. The van der Waals surface area contributed by atoms with Gasteiger partial charge in [0, 0.05) is 24.5 Å². The van der Waals surface area contributed by atoms with Crippen molar-refractivity contribution in [3.8, 4) is 0 Å². The molecule has 9 heteroatoms. The first kappa shape index (κ1) is 24.7. The van der Waals surface area contributed by atoms with Crippen molar-refractivity contribution in [2.45, 2.75) is 13.8 Å². The van der Waals surface area contributed by atoms with Gasteiger partial charge in [-0.2, -0.15) is 0 Å². The van der Waals surface area contributed by atoms with E-state index < -0.39 is 20.0 Å². The topological polar surface area (TPSA) is 40.6 Å². The van der Waals surface area contributed by atoms with E-state index in [0.29, 0.717) is 13.1 Å². The Bertz CT molecular complexity index is 590. The van der Waals surface area contributed by atoms with Crippen LogP contribution in [0.4, 0.5) is 11.4 Å². The van der Waals surface area contributed by atoms with Gasteiger partial charge in [-0.25, -0.2) is 0 Å². The molecule has 0 aliphatic rings. The van der Waals surface area contributed by atoms with Crippen LogP contribution in [0.3, 0.4) is 0 Å². The van der Waals surface area contributed by atoms with Gasteiger partial charge in [-0.15, -0.1) is 0 Å². The number of nitrogens with zero attached hydrogens (tertiary/aromatic N) is 2. The van der Waals surface area contributed by atoms with Gasteiger partial charge in [-0.1, -0.05) is 36.4 Å². The molecule has 0 aromatic heterocycles. The van der Waals surface area contributed by atoms with E-state index in [1.807, 2.05) is 74.5 Å². The van der Waals surface area contributed by atoms with Gasteiger partial charge in [0.15, 0.2) is 0 Å². The van der Waals surface area contributed by atoms with E-state index in [9.17, 15) is 8.42 Å². The van der Waals surface area contributed by atoms with E-state index in [2.05, 4.69) is 23.3 Å². The summed E-state index contributed by atoms with van der Waals surface area (Å²) in [7, 11) is -2.68. The van der Waals surface area contributed by atoms with Gasteiger partial charge in [0.2, 0.25) is 0 Å². The molecule has 2 unspecified atom stereocenters. The van der Waals surface area contributed by atoms with Crippen LogP contribution in [0.1, 0.15) is 13.8 Å². The Labute approximate surface area is 177 Å². The number of benzene rings is 2. The van der Waals surface area contributed by atoms with Crippen molar-refractivity contribution < 1.29 is 27.9 Å². The Morgan fingerprint density at radius 1 is 0.720 bits per heavy atom. The van der Waals surface area contributed by atoms with Crippen molar-refractivity contribution >= 4 is 54.7 Å². The van der Waals surface area contributed by atoms with Crippen LogP contribution in [0.25, 0.3) is 0 Å². The smallest absolute Gasteiger partial charge is 0.660 e. The normalized spacial score (nSPS) is 12.0. The van der Waals surface area contributed by atoms with Gasteiger partial charge in [0.05, 0.1) is 0 Å². The quantitative estimate of drug-likeness (QED) is 0.373. The zero-order chi connectivity index (χ0) is 17.9. The summed E-state index contributed by atoms with van der Waals surface area (Å²) in [5, 5.41) is 0. The largest absolute Gasteiger partial charge is 2.00 e. The molecule has 0 radical (unpaired) electrons. The van der Waals surface area contributed by atoms with Gasteiger partial charge in [0.1, 0.15) is 0 Å². The van der Waals surface area contributed by atoms with E-state index in [4.69, 9.17) is 0 Å². The van der Waals surface area contributed by atoms with Crippen molar-refractivity contribution in [1.29, 1.82) is 0 Å². The monoisotopic (exact) mass is 464 g/mol. The number of anilines is 2. The molecule has 2 atom stereocenters. The summed E-state index contributed by atoms with van der Waals surface area (Å²) in [6, 6.07) is 19.0. The molecule has 2 rings (SSSR count). The number of hydrogen-bond acceptors (Lipinski definition) is 4. The van der Waals surface area contributed by atoms with Crippen LogP contribution in [0.5, 0.6) is 0 Å². The Morgan fingerprint density at radius 2 is 1.00 bits per heavy atom. The second-order valence-corrected chi connectivity index (χ2v) is 7.96. The molecule has 0 aliphatic carbocycles. The number of para-hydroxylation sites is 2. The van der Waals surface area contributed by atoms with Crippen LogP contribution in [0, 0.1) is 0 Å². The SMILES string of the molecule is CCN(c1ccccc1)S(=O)[S-].CCN(c1ccccc1)S(=O)[S-].[Zn+2]. The van der Waals surface area contributed by atoms with E-state index >= 15 is 0 Å². The molecular formula is C16H20N2O2S4Zn. The zero-order valence-corrected chi connectivity index (χ0v) is 20.5. The summed E-state index contributed by atoms with van der Waals surface area (Å²) < 4.78 is 25.4. The minimum absolute atomic E-state index is 0. The van der Waals surface area contributed by atoms with Gasteiger partial charge >= 0.3 is 19.5 Å². The van der Waals surface area contributed by atoms with E-state index in [0.717, 1.165) is 11.4 Å². The van der Waals surface area contributed by atoms with Gasteiger partial charge < -0.3 is 31.9 Å². The average molecular weight is 466 g/mol. The summed E-state index contributed by atoms with van der Waals surface area (Å²) in [4.78, 5) is 0. The molecule has 2 aromatic rings. The Morgan fingerprint density at radius 3 is 1.20 bits per heavy atom. The van der Waals surface area contributed by atoms with Crippen LogP contribution < -0.4 is 8.61 Å². The van der Waals surface area contributed by atoms with Crippen LogP contribution >= 0.6 is 0 Å². The molecule has 25 heavy (non-hydrogen) atoms. The number of rotatable bonds is 6. The standard InChI is InChI=1S/2C8H11NOS2.Zn/c2*1-2-9(12(10)11)8-6-4-3-5-7-8;/h2*3-7H,2H2,1H3,(H,10,11);/q;;+2/p-2. The number of hydrogen-bond donors (Lipinski definition) is 0. The molecule has 0 saturated carbocycles. The first-order chi connectivity index (χ1) is 11.5. The zero-order valence-electron chi connectivity index (χ0n) is 14.2. The van der Waals surface area contributed by atoms with Crippen LogP contribution in [-0.4, -0.2) is 21.5 Å². The molecule has 132 valence electrons. The Hall–Kier alpha value is -0.337. The van der Waals surface area contributed by atoms with E-state index in [-0.39, 0.29) is 19.5 Å². The summed E-state index contributed by atoms with van der Waals surface area (Å²) in [6.07, 6.45) is 0. The van der Waals surface area contributed by atoms with Crippen molar-refractivity contribution in [1.82, 2.24) is 0 Å². The first-order valence-corrected chi connectivity index (χ1v) is 11.4. The molecule has 0 N–H and O–H groups in total. The molecule has 0 heterocycles. The fourth-order valence-corrected chi connectivity index (χ4v) is 4.09. The minimum Gasteiger partial charge on any atom is -0.660 e. The summed E-state index contributed by atoms with van der Waals surface area (Å²) >= 11 is 9.36. The summed E-state index contributed by atoms with van der Waals surface area (Å²) in [5.74, 6) is 0. The Balaban J connectivity index is 0.000000443. The van der Waals surface area contributed by atoms with Crippen molar-refractivity contribution in [2.24, 2.45) is 0 Å². The van der Waals surface area contributed by atoms with Crippen molar-refractivity contribution in [3.05, 3.63) is 60.7 Å². The maximum Gasteiger partial charge on any atom is 2.00 e. The molecule has 0 fully saturated rings. The van der Waals surface area contributed by atoms with Crippen LogP contribution in [-0.2, 0) is 62.8 Å². The predicted octanol–water partition coefficient (Wildman–Crippen LogP) is 3.27. The maximum absolute atomic E-state index is 11.0. The van der Waals surface area contributed by atoms with E-state index in [1.165, 1.54) is 0 Å². The van der Waals surface area contributed by atoms with Gasteiger partial charge in [-0.3, -0.25) is 8.42 Å². The van der Waals surface area contributed by atoms with Crippen LogP contribution in [0.15, 0.2) is 60.7 Å².